The zero-order chi connectivity index (χ0) is 33.2. The molecule has 0 aliphatic carbocycles. The molecule has 0 amide bonds. The first-order valence-corrected chi connectivity index (χ1v) is 17.4. The molecule has 0 saturated carbocycles. The smallest absolute Gasteiger partial charge is 0.378 e. The number of carbonyl (C=O) groups excluding carboxylic acids is 3. The van der Waals surface area contributed by atoms with Gasteiger partial charge in [-0.25, -0.2) is 4.79 Å². The third-order valence-electron chi connectivity index (χ3n) is 8.74. The highest BCUT2D eigenvalue weighted by atomic mass is 16.6. The van der Waals surface area contributed by atoms with Crippen molar-refractivity contribution in [3.63, 3.8) is 0 Å². The van der Waals surface area contributed by atoms with E-state index in [1.54, 1.807) is 0 Å². The maximum absolute atomic E-state index is 12.8. The molecule has 2 N–H and O–H groups in total. The third kappa shape index (κ3) is 17.3. The fourth-order valence-corrected chi connectivity index (χ4v) is 5.79. The molecule has 0 spiro atoms. The Labute approximate surface area is 267 Å². The van der Waals surface area contributed by atoms with Crippen LogP contribution in [0.4, 0.5) is 0 Å². The topological polar surface area (TPSA) is 119 Å². The maximum Gasteiger partial charge on any atom is 0.378 e. The SMILES string of the molecule is CC(C)CCCC(C)CCCC(C)CC(=O)OC[C@H](OC(=O)CC(C)CCCC(C)CCCC(C)C)C1OC(=O)C(O)=C1O. The monoisotopic (exact) mass is 624 g/mol. The molecule has 44 heavy (non-hydrogen) atoms. The van der Waals surface area contributed by atoms with E-state index in [9.17, 15) is 24.6 Å². The van der Waals surface area contributed by atoms with Crippen molar-refractivity contribution in [2.45, 2.75) is 157 Å². The van der Waals surface area contributed by atoms with Gasteiger partial charge in [-0.3, -0.25) is 9.59 Å². The Hall–Kier alpha value is -2.25. The largest absolute Gasteiger partial charge is 0.505 e. The van der Waals surface area contributed by atoms with Gasteiger partial charge in [-0.2, -0.15) is 0 Å². The first kappa shape index (κ1) is 39.8. The average Bonchev–Trinajstić information content (AvgIpc) is 3.17. The van der Waals surface area contributed by atoms with Gasteiger partial charge < -0.3 is 24.4 Å². The van der Waals surface area contributed by atoms with Crippen molar-refractivity contribution in [3.8, 4) is 0 Å². The number of aliphatic hydroxyl groups is 2. The number of aliphatic hydroxyl groups excluding tert-OH is 2. The summed E-state index contributed by atoms with van der Waals surface area (Å²) in [5.41, 5.74) is 0. The van der Waals surface area contributed by atoms with Crippen LogP contribution in [0.1, 0.15) is 145 Å². The molecular weight excluding hydrogens is 560 g/mol. The van der Waals surface area contributed by atoms with Crippen molar-refractivity contribution >= 4 is 17.9 Å². The van der Waals surface area contributed by atoms with Gasteiger partial charge in [0.05, 0.1) is 0 Å². The van der Waals surface area contributed by atoms with E-state index >= 15 is 0 Å². The van der Waals surface area contributed by atoms with Crippen LogP contribution in [0.2, 0.25) is 0 Å². The van der Waals surface area contributed by atoms with Crippen LogP contribution in [0.15, 0.2) is 11.5 Å². The van der Waals surface area contributed by atoms with Gasteiger partial charge in [0.2, 0.25) is 11.9 Å². The number of rotatable bonds is 24. The van der Waals surface area contributed by atoms with E-state index in [0.29, 0.717) is 11.8 Å². The molecule has 0 aromatic rings. The van der Waals surface area contributed by atoms with Gasteiger partial charge in [0.1, 0.15) is 6.61 Å². The average molecular weight is 625 g/mol. The molecule has 0 fully saturated rings. The standard InChI is InChI=1S/C36H64O8/c1-24(2)13-9-15-26(5)17-11-19-28(7)21-31(37)42-23-30(35-33(39)34(40)36(41)44-35)43-32(38)22-29(8)20-12-18-27(6)16-10-14-25(3)4/h24-30,35,39-40H,9-23H2,1-8H3/t26?,27?,28?,29?,30-,35?/m0/s1. The van der Waals surface area contributed by atoms with Crippen LogP contribution in [-0.2, 0) is 28.6 Å². The fraction of sp³-hybridized carbons (Fsp3) is 0.861. The first-order valence-electron chi connectivity index (χ1n) is 17.4. The molecule has 0 bridgehead atoms. The minimum Gasteiger partial charge on any atom is -0.505 e. The van der Waals surface area contributed by atoms with Crippen molar-refractivity contribution in [1.29, 1.82) is 0 Å². The Balaban J connectivity index is 2.53. The Kier molecular flexibility index (Phi) is 19.4. The highest BCUT2D eigenvalue weighted by molar-refractivity contribution is 5.89. The molecule has 0 aromatic heterocycles. The van der Waals surface area contributed by atoms with E-state index in [2.05, 4.69) is 41.5 Å². The lowest BCUT2D eigenvalue weighted by molar-refractivity contribution is -0.171. The molecule has 1 rings (SSSR count). The van der Waals surface area contributed by atoms with Crippen molar-refractivity contribution < 1.29 is 38.8 Å². The van der Waals surface area contributed by atoms with Crippen LogP contribution in [0, 0.1) is 35.5 Å². The quantitative estimate of drug-likeness (QED) is 0.0806. The molecule has 1 heterocycles. The maximum atomic E-state index is 12.8. The van der Waals surface area contributed by atoms with E-state index in [0.717, 1.165) is 50.4 Å². The van der Waals surface area contributed by atoms with Crippen molar-refractivity contribution in [2.75, 3.05) is 6.61 Å². The molecule has 5 unspecified atom stereocenters. The van der Waals surface area contributed by atoms with E-state index in [4.69, 9.17) is 14.2 Å². The third-order valence-corrected chi connectivity index (χ3v) is 8.74. The minimum atomic E-state index is -1.42. The molecule has 0 aromatic carbocycles. The van der Waals surface area contributed by atoms with Crippen LogP contribution < -0.4 is 0 Å². The summed E-state index contributed by atoms with van der Waals surface area (Å²) in [4.78, 5) is 37.3. The van der Waals surface area contributed by atoms with Crippen LogP contribution in [-0.4, -0.2) is 46.9 Å². The summed E-state index contributed by atoms with van der Waals surface area (Å²) >= 11 is 0. The lowest BCUT2D eigenvalue weighted by atomic mass is 9.92. The van der Waals surface area contributed by atoms with Gasteiger partial charge in [0.25, 0.3) is 0 Å². The number of ether oxygens (including phenoxy) is 3. The van der Waals surface area contributed by atoms with Crippen molar-refractivity contribution in [1.82, 2.24) is 0 Å². The number of hydrogen-bond acceptors (Lipinski definition) is 8. The summed E-state index contributed by atoms with van der Waals surface area (Å²) in [6.45, 7) is 17.2. The summed E-state index contributed by atoms with van der Waals surface area (Å²) < 4.78 is 16.0. The van der Waals surface area contributed by atoms with E-state index in [1.165, 1.54) is 38.5 Å². The molecule has 8 heteroatoms. The predicted molar refractivity (Wildman–Crippen MR) is 174 cm³/mol. The molecule has 1 aliphatic heterocycles. The van der Waals surface area contributed by atoms with Gasteiger partial charge in [-0.15, -0.1) is 0 Å². The van der Waals surface area contributed by atoms with E-state index in [-0.39, 0.29) is 31.3 Å². The van der Waals surface area contributed by atoms with Gasteiger partial charge in [0, 0.05) is 12.8 Å². The predicted octanol–water partition coefficient (Wildman–Crippen LogP) is 9.01. The lowest BCUT2D eigenvalue weighted by Gasteiger charge is -2.24. The lowest BCUT2D eigenvalue weighted by Crippen LogP contribution is -2.38. The summed E-state index contributed by atoms with van der Waals surface area (Å²) in [7, 11) is 0. The minimum absolute atomic E-state index is 0.0796. The summed E-state index contributed by atoms with van der Waals surface area (Å²) in [6, 6.07) is 0. The van der Waals surface area contributed by atoms with Crippen LogP contribution in [0.5, 0.6) is 0 Å². The van der Waals surface area contributed by atoms with E-state index < -0.39 is 41.6 Å². The summed E-state index contributed by atoms with van der Waals surface area (Å²) in [5, 5.41) is 20.0. The molecular formula is C36H64O8. The van der Waals surface area contributed by atoms with Gasteiger partial charge in [-0.05, 0) is 35.5 Å². The summed E-state index contributed by atoms with van der Waals surface area (Å²) in [5.74, 6) is -0.746. The molecule has 256 valence electrons. The van der Waals surface area contributed by atoms with Gasteiger partial charge in [-0.1, -0.05) is 132 Å². The second-order valence-corrected chi connectivity index (χ2v) is 14.6. The highest BCUT2D eigenvalue weighted by Crippen LogP contribution is 2.26. The zero-order valence-electron chi connectivity index (χ0n) is 29.1. The van der Waals surface area contributed by atoms with Gasteiger partial charge in [0.15, 0.2) is 11.9 Å². The summed E-state index contributed by atoms with van der Waals surface area (Å²) in [6.07, 6.45) is 11.2. The number of hydrogen-bond donors (Lipinski definition) is 2. The number of carbonyl (C=O) groups is 3. The van der Waals surface area contributed by atoms with Crippen molar-refractivity contribution in [3.05, 3.63) is 11.5 Å². The van der Waals surface area contributed by atoms with Crippen LogP contribution >= 0.6 is 0 Å². The second kappa shape index (κ2) is 21.5. The van der Waals surface area contributed by atoms with Crippen molar-refractivity contribution in [2.24, 2.45) is 35.5 Å². The van der Waals surface area contributed by atoms with Crippen LogP contribution in [0.3, 0.4) is 0 Å². The fourth-order valence-electron chi connectivity index (χ4n) is 5.79. The van der Waals surface area contributed by atoms with Gasteiger partial charge >= 0.3 is 17.9 Å². The molecule has 0 saturated heterocycles. The Morgan fingerprint density at radius 2 is 1.07 bits per heavy atom. The normalized spacial score (nSPS) is 18.7. The Morgan fingerprint density at radius 1 is 0.659 bits per heavy atom. The molecule has 8 nitrogen and oxygen atoms in total. The Morgan fingerprint density at radius 3 is 1.48 bits per heavy atom. The van der Waals surface area contributed by atoms with Crippen LogP contribution in [0.25, 0.3) is 0 Å². The van der Waals surface area contributed by atoms with E-state index in [1.807, 2.05) is 13.8 Å². The molecule has 0 radical (unpaired) electrons. The molecule has 1 aliphatic rings. The number of cyclic esters (lactones) is 1. The highest BCUT2D eigenvalue weighted by Gasteiger charge is 2.42. The first-order chi connectivity index (χ1) is 20.7. The zero-order valence-corrected chi connectivity index (χ0v) is 29.1. The Bertz CT molecular complexity index is 879. The second-order valence-electron chi connectivity index (χ2n) is 14.6. The molecule has 6 atom stereocenters. The number of esters is 3.